The van der Waals surface area contributed by atoms with Crippen LogP contribution in [0.25, 0.3) is 0 Å². The van der Waals surface area contributed by atoms with Crippen molar-refractivity contribution >= 4 is 0 Å². The number of benzene rings is 2. The van der Waals surface area contributed by atoms with E-state index >= 15 is 0 Å². The average Bonchev–Trinajstić information content (AvgIpc) is 2.89. The first-order chi connectivity index (χ1) is 11.1. The number of aromatic hydroxyl groups is 1. The molecule has 0 saturated heterocycles. The Labute approximate surface area is 135 Å². The van der Waals surface area contributed by atoms with Crippen molar-refractivity contribution in [3.05, 3.63) is 41.5 Å². The lowest BCUT2D eigenvalue weighted by Gasteiger charge is -2.17. The van der Waals surface area contributed by atoms with E-state index in [0.29, 0.717) is 17.2 Å². The van der Waals surface area contributed by atoms with Crippen LogP contribution < -0.4 is 18.9 Å². The molecule has 0 aromatic heterocycles. The van der Waals surface area contributed by atoms with E-state index in [1.54, 1.807) is 26.4 Å². The van der Waals surface area contributed by atoms with Crippen molar-refractivity contribution in [3.63, 3.8) is 0 Å². The Morgan fingerprint density at radius 2 is 1.61 bits per heavy atom. The van der Waals surface area contributed by atoms with Gasteiger partial charge in [0.2, 0.25) is 0 Å². The first-order valence-electron chi connectivity index (χ1n) is 7.38. The molecule has 1 aliphatic heterocycles. The fourth-order valence-electron chi connectivity index (χ4n) is 2.98. The maximum atomic E-state index is 9.98. The van der Waals surface area contributed by atoms with Crippen LogP contribution in [0.2, 0.25) is 0 Å². The molecule has 0 aliphatic carbocycles. The van der Waals surface area contributed by atoms with E-state index in [4.69, 9.17) is 18.9 Å². The molecule has 3 rings (SSSR count). The maximum absolute atomic E-state index is 9.98. The van der Waals surface area contributed by atoms with Crippen LogP contribution in [0, 0.1) is 0 Å². The zero-order chi connectivity index (χ0) is 16.6. The summed E-state index contributed by atoms with van der Waals surface area (Å²) in [4.78, 5) is 0. The van der Waals surface area contributed by atoms with Crippen molar-refractivity contribution < 1.29 is 24.1 Å². The molecule has 122 valence electrons. The number of phenols is 1. The summed E-state index contributed by atoms with van der Waals surface area (Å²) in [6.45, 7) is 2.07. The summed E-state index contributed by atoms with van der Waals surface area (Å²) in [5.74, 6) is 2.70. The minimum absolute atomic E-state index is 0.0971. The normalized spacial score (nSPS) is 19.0. The minimum atomic E-state index is -0.156. The van der Waals surface area contributed by atoms with Crippen molar-refractivity contribution in [2.24, 2.45) is 0 Å². The molecule has 1 heterocycles. The highest BCUT2D eigenvalue weighted by Crippen LogP contribution is 2.50. The van der Waals surface area contributed by atoms with Crippen LogP contribution in [0.4, 0.5) is 0 Å². The molecule has 23 heavy (non-hydrogen) atoms. The Bertz CT molecular complexity index is 726. The fourth-order valence-corrected chi connectivity index (χ4v) is 2.98. The van der Waals surface area contributed by atoms with Gasteiger partial charge in [0, 0.05) is 17.5 Å². The van der Waals surface area contributed by atoms with E-state index in [9.17, 15) is 5.11 Å². The molecule has 2 aromatic carbocycles. The van der Waals surface area contributed by atoms with Crippen LogP contribution in [0.15, 0.2) is 30.3 Å². The molecule has 0 fully saturated rings. The van der Waals surface area contributed by atoms with Gasteiger partial charge in [-0.05, 0) is 23.8 Å². The maximum Gasteiger partial charge on any atom is 0.164 e. The number of fused-ring (bicyclic) bond motifs is 1. The molecule has 0 spiro atoms. The van der Waals surface area contributed by atoms with Gasteiger partial charge in [0.1, 0.15) is 11.9 Å². The predicted octanol–water partition coefficient (Wildman–Crippen LogP) is 3.66. The predicted molar refractivity (Wildman–Crippen MR) is 86.0 cm³/mol. The summed E-state index contributed by atoms with van der Waals surface area (Å²) in [6, 6.07) is 9.18. The molecule has 5 nitrogen and oxygen atoms in total. The zero-order valence-corrected chi connectivity index (χ0v) is 13.6. The van der Waals surface area contributed by atoms with Gasteiger partial charge < -0.3 is 24.1 Å². The Balaban J connectivity index is 1.97. The third-order valence-electron chi connectivity index (χ3n) is 4.25. The second-order valence-electron chi connectivity index (χ2n) is 5.50. The van der Waals surface area contributed by atoms with Gasteiger partial charge in [0.25, 0.3) is 0 Å². The summed E-state index contributed by atoms with van der Waals surface area (Å²) >= 11 is 0. The summed E-state index contributed by atoms with van der Waals surface area (Å²) in [5.41, 5.74) is 1.95. The number of hydrogen-bond donors (Lipinski definition) is 1. The lowest BCUT2D eigenvalue weighted by atomic mass is 9.92. The van der Waals surface area contributed by atoms with Crippen LogP contribution in [0.1, 0.15) is 30.1 Å². The zero-order valence-electron chi connectivity index (χ0n) is 13.6. The van der Waals surface area contributed by atoms with Crippen LogP contribution >= 0.6 is 0 Å². The highest BCUT2D eigenvalue weighted by Gasteiger charge is 2.34. The lowest BCUT2D eigenvalue weighted by Crippen LogP contribution is -2.07. The van der Waals surface area contributed by atoms with Crippen molar-refractivity contribution in [3.8, 4) is 28.7 Å². The van der Waals surface area contributed by atoms with Gasteiger partial charge in [0.05, 0.1) is 21.3 Å². The molecule has 1 aliphatic rings. The Morgan fingerprint density at radius 3 is 2.26 bits per heavy atom. The topological polar surface area (TPSA) is 57.2 Å². The second kappa shape index (κ2) is 5.91. The molecule has 2 atom stereocenters. The molecule has 5 heteroatoms. The van der Waals surface area contributed by atoms with Gasteiger partial charge in [-0.25, -0.2) is 0 Å². The smallest absolute Gasteiger partial charge is 0.164 e. The fraction of sp³-hybridized carbons (Fsp3) is 0.333. The molecule has 0 unspecified atom stereocenters. The van der Waals surface area contributed by atoms with E-state index < -0.39 is 0 Å². The molecule has 0 radical (unpaired) electrons. The first kappa shape index (κ1) is 15.3. The SMILES string of the molecule is COc1cc2c(cc1O)[C@H](C)[C@@H](c1ccc(OC)c(OC)c1)O2. The van der Waals surface area contributed by atoms with Crippen molar-refractivity contribution in [1.82, 2.24) is 0 Å². The molecular weight excluding hydrogens is 296 g/mol. The summed E-state index contributed by atoms with van der Waals surface area (Å²) < 4.78 is 21.9. The Morgan fingerprint density at radius 1 is 0.913 bits per heavy atom. The van der Waals surface area contributed by atoms with E-state index in [1.165, 1.54) is 7.11 Å². The van der Waals surface area contributed by atoms with E-state index in [1.807, 2.05) is 18.2 Å². The van der Waals surface area contributed by atoms with Crippen LogP contribution in [-0.2, 0) is 0 Å². The van der Waals surface area contributed by atoms with E-state index in [-0.39, 0.29) is 17.8 Å². The molecule has 0 amide bonds. The first-order valence-corrected chi connectivity index (χ1v) is 7.38. The van der Waals surface area contributed by atoms with Gasteiger partial charge in [-0.2, -0.15) is 0 Å². The molecule has 1 N–H and O–H groups in total. The number of methoxy groups -OCH3 is 3. The molecular formula is C18H20O5. The highest BCUT2D eigenvalue weighted by atomic mass is 16.5. The summed E-state index contributed by atoms with van der Waals surface area (Å²) in [7, 11) is 4.74. The summed E-state index contributed by atoms with van der Waals surface area (Å²) in [5, 5.41) is 9.98. The van der Waals surface area contributed by atoms with Crippen LogP contribution in [0.5, 0.6) is 28.7 Å². The van der Waals surface area contributed by atoms with Gasteiger partial charge in [-0.3, -0.25) is 0 Å². The van der Waals surface area contributed by atoms with Gasteiger partial charge in [0.15, 0.2) is 23.0 Å². The largest absolute Gasteiger partial charge is 0.504 e. The monoisotopic (exact) mass is 316 g/mol. The molecule has 0 saturated carbocycles. The average molecular weight is 316 g/mol. The van der Waals surface area contributed by atoms with Crippen molar-refractivity contribution in [2.75, 3.05) is 21.3 Å². The quantitative estimate of drug-likeness (QED) is 0.933. The van der Waals surface area contributed by atoms with Crippen molar-refractivity contribution in [2.45, 2.75) is 18.9 Å². The number of ether oxygens (including phenoxy) is 4. The third kappa shape index (κ3) is 2.52. The second-order valence-corrected chi connectivity index (χ2v) is 5.50. The van der Waals surface area contributed by atoms with Crippen molar-refractivity contribution in [1.29, 1.82) is 0 Å². The van der Waals surface area contributed by atoms with Gasteiger partial charge in [-0.15, -0.1) is 0 Å². The number of rotatable bonds is 4. The highest BCUT2D eigenvalue weighted by molar-refractivity contribution is 5.54. The lowest BCUT2D eigenvalue weighted by molar-refractivity contribution is 0.214. The van der Waals surface area contributed by atoms with Gasteiger partial charge in [-0.1, -0.05) is 13.0 Å². The van der Waals surface area contributed by atoms with Crippen LogP contribution in [0.3, 0.4) is 0 Å². The molecule has 2 aromatic rings. The Kier molecular flexibility index (Phi) is 3.94. The molecule has 0 bridgehead atoms. The van der Waals surface area contributed by atoms with E-state index in [2.05, 4.69) is 6.92 Å². The summed E-state index contributed by atoms with van der Waals surface area (Å²) in [6.07, 6.45) is -0.156. The van der Waals surface area contributed by atoms with E-state index in [0.717, 1.165) is 16.9 Å². The standard InChI is InChI=1S/C18H20O5/c1-10-12-8-13(19)16(21-3)9-15(12)23-18(10)11-5-6-14(20-2)17(7-11)22-4/h5-10,18-19H,1-4H3/t10-,18-/m0/s1. The van der Waals surface area contributed by atoms with Crippen LogP contribution in [-0.4, -0.2) is 26.4 Å². The third-order valence-corrected chi connectivity index (χ3v) is 4.25. The number of phenolic OH excluding ortho intramolecular Hbond substituents is 1. The minimum Gasteiger partial charge on any atom is -0.504 e. The number of hydrogen-bond acceptors (Lipinski definition) is 5. The van der Waals surface area contributed by atoms with Gasteiger partial charge >= 0.3 is 0 Å². The Hall–Kier alpha value is -2.56.